The number of carbonyl (C=O) groups is 2. The van der Waals surface area contributed by atoms with Gasteiger partial charge < -0.3 is 30.0 Å². The second-order valence-electron chi connectivity index (χ2n) is 0.500. The smallest absolute Gasteiger partial charge is 0.652 e. The molecule has 0 atom stereocenters. The van der Waals surface area contributed by atoms with Gasteiger partial charge in [0.05, 0.1) is 0 Å². The SMILES string of the molecule is O=C([O-])[O-].O=C([O-])[O-].[Na+].[P+3]. The van der Waals surface area contributed by atoms with Crippen molar-refractivity contribution in [3.8, 4) is 0 Å². The average molecular weight is 174 g/mol. The minimum absolute atomic E-state index is 0. The molecule has 10 heavy (non-hydrogen) atoms. The van der Waals surface area contributed by atoms with Crippen LogP contribution in [0.2, 0.25) is 0 Å². The van der Waals surface area contributed by atoms with E-state index in [1.807, 2.05) is 0 Å². The molecule has 0 aromatic heterocycles. The van der Waals surface area contributed by atoms with E-state index in [4.69, 9.17) is 30.0 Å². The number of rotatable bonds is 0. The maximum Gasteiger partial charge on any atom is 3.00 e. The molecule has 2 radical (unpaired) electrons. The van der Waals surface area contributed by atoms with Crippen LogP contribution in [-0.4, -0.2) is 12.3 Å². The van der Waals surface area contributed by atoms with Crippen molar-refractivity contribution in [2.45, 2.75) is 0 Å². The van der Waals surface area contributed by atoms with Crippen LogP contribution < -0.4 is 50.0 Å². The Morgan fingerprint density at radius 3 is 0.800 bits per heavy atom. The third-order valence-electron chi connectivity index (χ3n) is 0. The molecule has 0 saturated carbocycles. The molecule has 0 amide bonds. The first kappa shape index (κ1) is 22.5. The van der Waals surface area contributed by atoms with Gasteiger partial charge in [0, 0.05) is 0 Å². The minimum atomic E-state index is -2.33. The van der Waals surface area contributed by atoms with Gasteiger partial charge >= 0.3 is 39.5 Å². The van der Waals surface area contributed by atoms with Crippen LogP contribution in [0.5, 0.6) is 0 Å². The Morgan fingerprint density at radius 1 is 0.800 bits per heavy atom. The van der Waals surface area contributed by atoms with Crippen LogP contribution in [0, 0.1) is 0 Å². The van der Waals surface area contributed by atoms with E-state index >= 15 is 0 Å². The van der Waals surface area contributed by atoms with Crippen LogP contribution in [0.15, 0.2) is 0 Å². The van der Waals surface area contributed by atoms with Gasteiger partial charge in [-0.1, -0.05) is 0 Å². The predicted octanol–water partition coefficient (Wildman–Crippen LogP) is -7.03. The number of hydrogen-bond acceptors (Lipinski definition) is 6. The Balaban J connectivity index is -0.0000000300. The van der Waals surface area contributed by atoms with E-state index in [0.717, 1.165) is 0 Å². The fourth-order valence-electron chi connectivity index (χ4n) is 0. The zero-order valence-electron chi connectivity index (χ0n) is 4.90. The van der Waals surface area contributed by atoms with Crippen molar-refractivity contribution in [1.82, 2.24) is 0 Å². The van der Waals surface area contributed by atoms with Crippen LogP contribution in [0.25, 0.3) is 0 Å². The molecule has 8 heteroatoms. The molecule has 0 aromatic carbocycles. The summed E-state index contributed by atoms with van der Waals surface area (Å²) in [6, 6.07) is 0. The van der Waals surface area contributed by atoms with Gasteiger partial charge in [0.1, 0.15) is 0 Å². The molecule has 0 aliphatic rings. The Bertz CT molecular complexity index is 73.7. The molecule has 0 heterocycles. The quantitative estimate of drug-likeness (QED) is 0.265. The number of carbonyl (C=O) groups excluding carboxylic acids is 2. The third kappa shape index (κ3) is 430000. The van der Waals surface area contributed by atoms with Crippen molar-refractivity contribution < 1.29 is 59.6 Å². The zero-order chi connectivity index (χ0) is 7.15. The molecule has 0 aromatic rings. The summed E-state index contributed by atoms with van der Waals surface area (Å²) in [6.45, 7) is 0. The first-order valence-electron chi connectivity index (χ1n) is 1.22. The predicted molar refractivity (Wildman–Crippen MR) is 17.7 cm³/mol. The van der Waals surface area contributed by atoms with E-state index < -0.39 is 12.3 Å². The summed E-state index contributed by atoms with van der Waals surface area (Å²) >= 11 is 0. The van der Waals surface area contributed by atoms with E-state index in [1.54, 1.807) is 0 Å². The summed E-state index contributed by atoms with van der Waals surface area (Å²) in [5.74, 6) is 0. The summed E-state index contributed by atoms with van der Waals surface area (Å²) in [4.78, 5) is 16.7. The zero-order valence-corrected chi connectivity index (χ0v) is 7.79. The Kier molecular flexibility index (Phi) is 36.0. The summed E-state index contributed by atoms with van der Waals surface area (Å²) in [5.41, 5.74) is 0. The van der Waals surface area contributed by atoms with Crippen LogP contribution in [0.1, 0.15) is 0 Å². The fraction of sp³-hybridized carbons (Fsp3) is 0. The summed E-state index contributed by atoms with van der Waals surface area (Å²) in [6.07, 6.45) is -4.67. The van der Waals surface area contributed by atoms with Gasteiger partial charge in [-0.3, -0.25) is 0 Å². The van der Waals surface area contributed by atoms with Crippen molar-refractivity contribution in [3.63, 3.8) is 0 Å². The molecule has 0 rings (SSSR count). The van der Waals surface area contributed by atoms with Crippen molar-refractivity contribution in [2.24, 2.45) is 0 Å². The van der Waals surface area contributed by atoms with E-state index in [0.29, 0.717) is 0 Å². The second-order valence-corrected chi connectivity index (χ2v) is 0.500. The van der Waals surface area contributed by atoms with Gasteiger partial charge in [0.2, 0.25) is 0 Å². The molecular weight excluding hydrogens is 174 g/mol. The molecular formula is C2NaO6P. The maximum absolute atomic E-state index is 8.33. The van der Waals surface area contributed by atoms with Crippen LogP contribution in [0.3, 0.4) is 0 Å². The van der Waals surface area contributed by atoms with Crippen molar-refractivity contribution in [3.05, 3.63) is 0 Å². The van der Waals surface area contributed by atoms with Gasteiger partial charge in [-0.15, -0.1) is 0 Å². The van der Waals surface area contributed by atoms with Crippen LogP contribution in [0.4, 0.5) is 9.59 Å². The first-order chi connectivity index (χ1) is 3.46. The van der Waals surface area contributed by atoms with Gasteiger partial charge in [0.15, 0.2) is 0 Å². The monoisotopic (exact) mass is 174 g/mol. The molecule has 0 bridgehead atoms. The molecule has 0 aliphatic heterocycles. The fourth-order valence-corrected chi connectivity index (χ4v) is 0. The largest absolute Gasteiger partial charge is 3.00 e. The van der Waals surface area contributed by atoms with Crippen molar-refractivity contribution in [2.75, 3.05) is 0 Å². The van der Waals surface area contributed by atoms with Gasteiger partial charge in [-0.2, -0.15) is 0 Å². The third-order valence-corrected chi connectivity index (χ3v) is 0. The van der Waals surface area contributed by atoms with E-state index in [2.05, 4.69) is 0 Å². The number of hydrogen-bond donors (Lipinski definition) is 0. The Morgan fingerprint density at radius 2 is 0.800 bits per heavy atom. The van der Waals surface area contributed by atoms with E-state index in [9.17, 15) is 0 Å². The minimum Gasteiger partial charge on any atom is -0.652 e. The molecule has 0 unspecified atom stereocenters. The summed E-state index contributed by atoms with van der Waals surface area (Å²) < 4.78 is 0. The molecule has 50 valence electrons. The van der Waals surface area contributed by atoms with Crippen molar-refractivity contribution in [1.29, 1.82) is 0 Å². The standard InChI is InChI=1S/2CH2O3.Na.P/c2*2-1(3)4;;/h2*(H2,2,3,4);;/q;;+1;+3/p-4. The topological polar surface area (TPSA) is 126 Å². The molecule has 6 nitrogen and oxygen atoms in total. The molecule has 0 N–H and O–H groups in total. The Labute approximate surface area is 81.8 Å². The molecule has 0 aliphatic carbocycles. The van der Waals surface area contributed by atoms with Gasteiger partial charge in [-0.05, 0) is 12.3 Å². The van der Waals surface area contributed by atoms with Crippen molar-refractivity contribution >= 4 is 22.2 Å². The molecule has 0 saturated heterocycles. The average Bonchev–Trinajstić information content (AvgIpc) is 1.25. The first-order valence-corrected chi connectivity index (χ1v) is 1.22. The van der Waals surface area contributed by atoms with Gasteiger partial charge in [0.25, 0.3) is 0 Å². The molecule has 0 spiro atoms. The normalized spacial score (nSPS) is 4.80. The van der Waals surface area contributed by atoms with Crippen LogP contribution >= 0.6 is 9.90 Å². The number of carboxylic acid groups (broad SMARTS) is 4. The molecule has 0 fully saturated rings. The maximum atomic E-state index is 8.33. The Hall–Kier alpha value is -0.0300. The van der Waals surface area contributed by atoms with E-state index in [-0.39, 0.29) is 39.5 Å². The van der Waals surface area contributed by atoms with Gasteiger partial charge in [-0.25, -0.2) is 0 Å². The summed E-state index contributed by atoms with van der Waals surface area (Å²) in [7, 11) is 0. The van der Waals surface area contributed by atoms with E-state index in [1.165, 1.54) is 0 Å². The summed E-state index contributed by atoms with van der Waals surface area (Å²) in [5, 5.41) is 33.3. The second kappa shape index (κ2) is 16.0. The van der Waals surface area contributed by atoms with Crippen LogP contribution in [-0.2, 0) is 0 Å².